The minimum absolute atomic E-state index is 0.0740. The van der Waals surface area contributed by atoms with Gasteiger partial charge in [0.2, 0.25) is 5.91 Å². The van der Waals surface area contributed by atoms with Gasteiger partial charge in [-0.15, -0.1) is 11.3 Å². The maximum atomic E-state index is 12.7. The molecular formula is C20H22N4O2S. The van der Waals surface area contributed by atoms with Crippen LogP contribution in [0.1, 0.15) is 36.5 Å². The number of rotatable bonds is 5. The molecule has 0 unspecified atom stereocenters. The third-order valence-electron chi connectivity index (χ3n) is 4.80. The summed E-state index contributed by atoms with van der Waals surface area (Å²) in [5.74, 6) is 0.0740. The Hall–Kier alpha value is -2.51. The van der Waals surface area contributed by atoms with Crippen molar-refractivity contribution in [3.8, 4) is 10.6 Å². The van der Waals surface area contributed by atoms with Crippen molar-refractivity contribution in [1.82, 2.24) is 19.7 Å². The van der Waals surface area contributed by atoms with Crippen LogP contribution < -0.4 is 0 Å². The van der Waals surface area contributed by atoms with Gasteiger partial charge in [0.05, 0.1) is 42.7 Å². The number of aliphatic hydroxyl groups excluding tert-OH is 1. The molecule has 27 heavy (non-hydrogen) atoms. The molecule has 0 bridgehead atoms. The summed E-state index contributed by atoms with van der Waals surface area (Å²) >= 11 is 1.57. The number of nitrogens with zero attached hydrogens (tertiary/aromatic N) is 4. The van der Waals surface area contributed by atoms with E-state index in [1.807, 2.05) is 58.3 Å². The van der Waals surface area contributed by atoms with Gasteiger partial charge in [-0.05, 0) is 12.5 Å². The second kappa shape index (κ2) is 7.62. The average Bonchev–Trinajstić information content (AvgIpc) is 3.34. The van der Waals surface area contributed by atoms with Crippen LogP contribution in [0.2, 0.25) is 0 Å². The molecule has 0 radical (unpaired) electrons. The molecule has 0 saturated carbocycles. The Balaban J connectivity index is 1.42. The summed E-state index contributed by atoms with van der Waals surface area (Å²) in [7, 11) is 0. The van der Waals surface area contributed by atoms with Crippen molar-refractivity contribution < 1.29 is 9.90 Å². The molecule has 7 heteroatoms. The summed E-state index contributed by atoms with van der Waals surface area (Å²) in [4.78, 5) is 19.2. The van der Waals surface area contributed by atoms with Crippen molar-refractivity contribution >= 4 is 17.2 Å². The molecule has 3 heterocycles. The van der Waals surface area contributed by atoms with Crippen LogP contribution in [0.25, 0.3) is 10.6 Å². The molecule has 1 atom stereocenters. The van der Waals surface area contributed by atoms with Crippen LogP contribution in [0.3, 0.4) is 0 Å². The lowest BCUT2D eigenvalue weighted by Crippen LogP contribution is -2.39. The number of thiazole rings is 1. The fourth-order valence-electron chi connectivity index (χ4n) is 3.24. The van der Waals surface area contributed by atoms with E-state index in [1.54, 1.807) is 11.3 Å². The average molecular weight is 382 g/mol. The van der Waals surface area contributed by atoms with Crippen LogP contribution in [-0.4, -0.2) is 37.2 Å². The van der Waals surface area contributed by atoms with Gasteiger partial charge in [-0.1, -0.05) is 37.3 Å². The van der Waals surface area contributed by atoms with Crippen molar-refractivity contribution in [2.45, 2.75) is 39.0 Å². The molecule has 1 aliphatic rings. The first-order valence-corrected chi connectivity index (χ1v) is 10.0. The Morgan fingerprint density at radius 3 is 2.89 bits per heavy atom. The zero-order valence-corrected chi connectivity index (χ0v) is 16.0. The highest BCUT2D eigenvalue weighted by Crippen LogP contribution is 2.24. The molecule has 1 N–H and O–H groups in total. The lowest BCUT2D eigenvalue weighted by Gasteiger charge is -2.27. The molecular weight excluding hydrogens is 360 g/mol. The first-order valence-electron chi connectivity index (χ1n) is 9.16. The minimum Gasteiger partial charge on any atom is -0.387 e. The van der Waals surface area contributed by atoms with Gasteiger partial charge in [-0.25, -0.2) is 4.98 Å². The lowest BCUT2D eigenvalue weighted by atomic mass is 10.2. The second-order valence-corrected chi connectivity index (χ2v) is 7.57. The summed E-state index contributed by atoms with van der Waals surface area (Å²) < 4.78 is 1.90. The summed E-state index contributed by atoms with van der Waals surface area (Å²) in [5.41, 5.74) is 3.55. The van der Waals surface area contributed by atoms with Gasteiger partial charge in [0.25, 0.3) is 0 Å². The molecule has 1 amide bonds. The largest absolute Gasteiger partial charge is 0.387 e. The number of fused-ring (bicyclic) bond motifs is 1. The molecule has 140 valence electrons. The minimum atomic E-state index is -0.543. The predicted octanol–water partition coefficient (Wildman–Crippen LogP) is 3.03. The third-order valence-corrected chi connectivity index (χ3v) is 5.74. The zero-order valence-electron chi connectivity index (χ0n) is 15.2. The molecule has 4 rings (SSSR count). The fraction of sp³-hybridized carbons (Fsp3) is 0.350. The number of amides is 1. The fourth-order valence-corrected chi connectivity index (χ4v) is 4.07. The number of hydrogen-bond donors (Lipinski definition) is 1. The van der Waals surface area contributed by atoms with Gasteiger partial charge in [-0.2, -0.15) is 5.10 Å². The van der Waals surface area contributed by atoms with Crippen LogP contribution >= 0.6 is 11.3 Å². The van der Waals surface area contributed by atoms with Crippen LogP contribution in [-0.2, 0) is 24.3 Å². The maximum absolute atomic E-state index is 12.7. The van der Waals surface area contributed by atoms with E-state index >= 15 is 0 Å². The summed E-state index contributed by atoms with van der Waals surface area (Å²) in [5, 5.41) is 17.3. The Kier molecular flexibility index (Phi) is 5.05. The van der Waals surface area contributed by atoms with E-state index in [9.17, 15) is 9.90 Å². The van der Waals surface area contributed by atoms with Crippen molar-refractivity contribution in [2.75, 3.05) is 6.54 Å². The topological polar surface area (TPSA) is 71.2 Å². The SMILES string of the molecule is CC[C@H](O)c1cc2n(n1)CCN(C(=O)Cc1csc(-c3ccccc3)n1)C2. The van der Waals surface area contributed by atoms with Gasteiger partial charge in [0.15, 0.2) is 0 Å². The van der Waals surface area contributed by atoms with E-state index in [4.69, 9.17) is 0 Å². The maximum Gasteiger partial charge on any atom is 0.229 e. The summed E-state index contributed by atoms with van der Waals surface area (Å²) in [6, 6.07) is 11.9. The highest BCUT2D eigenvalue weighted by atomic mass is 32.1. The number of aromatic nitrogens is 3. The number of carbonyl (C=O) groups is 1. The number of carbonyl (C=O) groups excluding carboxylic acids is 1. The molecule has 3 aromatic rings. The number of hydrogen-bond acceptors (Lipinski definition) is 5. The standard InChI is InChI=1S/C20H22N4O2S/c1-2-18(25)17-11-16-12-23(8-9-24(16)22-17)19(26)10-15-13-27-20(21-15)14-6-4-3-5-7-14/h3-7,11,13,18,25H,2,8-10,12H2,1H3/t18-/m0/s1. The predicted molar refractivity (Wildman–Crippen MR) is 104 cm³/mol. The molecule has 2 aromatic heterocycles. The van der Waals surface area contributed by atoms with Gasteiger partial charge in [0, 0.05) is 17.5 Å². The van der Waals surface area contributed by atoms with Gasteiger partial charge >= 0.3 is 0 Å². The van der Waals surface area contributed by atoms with Gasteiger partial charge < -0.3 is 10.0 Å². The molecule has 1 aromatic carbocycles. The molecule has 0 spiro atoms. The first kappa shape index (κ1) is 17.9. The summed E-state index contributed by atoms with van der Waals surface area (Å²) in [6.45, 7) is 3.74. The monoisotopic (exact) mass is 382 g/mol. The third kappa shape index (κ3) is 3.79. The van der Waals surface area contributed by atoms with Crippen molar-refractivity contribution in [1.29, 1.82) is 0 Å². The van der Waals surface area contributed by atoms with Crippen molar-refractivity contribution in [3.63, 3.8) is 0 Å². The van der Waals surface area contributed by atoms with E-state index in [0.717, 1.165) is 22.0 Å². The highest BCUT2D eigenvalue weighted by Gasteiger charge is 2.24. The van der Waals surface area contributed by atoms with E-state index < -0.39 is 6.10 Å². The van der Waals surface area contributed by atoms with Crippen molar-refractivity contribution in [3.05, 3.63) is 58.9 Å². The quantitative estimate of drug-likeness (QED) is 0.736. The number of benzene rings is 1. The van der Waals surface area contributed by atoms with Crippen LogP contribution in [0.4, 0.5) is 0 Å². The van der Waals surface area contributed by atoms with Gasteiger partial charge in [0.1, 0.15) is 5.01 Å². The molecule has 0 fully saturated rings. The second-order valence-electron chi connectivity index (χ2n) is 6.71. The Morgan fingerprint density at radius 1 is 1.30 bits per heavy atom. The van der Waals surface area contributed by atoms with E-state index in [0.29, 0.717) is 38.2 Å². The highest BCUT2D eigenvalue weighted by molar-refractivity contribution is 7.13. The lowest BCUT2D eigenvalue weighted by molar-refractivity contribution is -0.132. The molecule has 6 nitrogen and oxygen atoms in total. The molecule has 1 aliphatic heterocycles. The number of aliphatic hydroxyl groups is 1. The van der Waals surface area contributed by atoms with Gasteiger partial charge in [-0.3, -0.25) is 9.48 Å². The van der Waals surface area contributed by atoms with Crippen molar-refractivity contribution in [2.24, 2.45) is 0 Å². The zero-order chi connectivity index (χ0) is 18.8. The summed E-state index contributed by atoms with van der Waals surface area (Å²) in [6.07, 6.45) is 0.396. The Labute approximate surface area is 162 Å². The molecule has 0 saturated heterocycles. The Bertz CT molecular complexity index is 935. The first-order chi connectivity index (χ1) is 13.1. The van der Waals surface area contributed by atoms with Crippen LogP contribution in [0.15, 0.2) is 41.8 Å². The van der Waals surface area contributed by atoms with E-state index in [2.05, 4.69) is 10.1 Å². The Morgan fingerprint density at radius 2 is 2.11 bits per heavy atom. The van der Waals surface area contributed by atoms with E-state index in [1.165, 1.54) is 0 Å². The van der Waals surface area contributed by atoms with E-state index in [-0.39, 0.29) is 5.91 Å². The molecule has 0 aliphatic carbocycles. The van der Waals surface area contributed by atoms with Crippen LogP contribution in [0, 0.1) is 0 Å². The normalized spacial score (nSPS) is 14.8. The smallest absolute Gasteiger partial charge is 0.229 e. The van der Waals surface area contributed by atoms with Crippen LogP contribution in [0.5, 0.6) is 0 Å².